The van der Waals surface area contributed by atoms with Gasteiger partial charge in [0.15, 0.2) is 6.10 Å². The summed E-state index contributed by atoms with van der Waals surface area (Å²) in [6, 6.07) is 14.4. The summed E-state index contributed by atoms with van der Waals surface area (Å²) in [4.78, 5) is 66.1. The molecule has 44 heavy (non-hydrogen) atoms. The van der Waals surface area contributed by atoms with Gasteiger partial charge in [-0.3, -0.25) is 14.4 Å². The van der Waals surface area contributed by atoms with Gasteiger partial charge >= 0.3 is 12.1 Å². The Morgan fingerprint density at radius 1 is 0.955 bits per heavy atom. The van der Waals surface area contributed by atoms with Gasteiger partial charge < -0.3 is 35.4 Å². The van der Waals surface area contributed by atoms with Crippen LogP contribution in [0.1, 0.15) is 51.2 Å². The van der Waals surface area contributed by atoms with E-state index >= 15 is 0 Å². The quantitative estimate of drug-likeness (QED) is 0.265. The van der Waals surface area contributed by atoms with Gasteiger partial charge in [-0.1, -0.05) is 60.7 Å². The van der Waals surface area contributed by atoms with E-state index in [1.54, 1.807) is 75.4 Å². The summed E-state index contributed by atoms with van der Waals surface area (Å²) < 4.78 is 10.7. The highest BCUT2D eigenvalue weighted by molar-refractivity contribution is 5.92. The predicted molar refractivity (Wildman–Crippen MR) is 161 cm³/mol. The summed E-state index contributed by atoms with van der Waals surface area (Å²) in [5, 5.41) is 18.8. The van der Waals surface area contributed by atoms with Gasteiger partial charge in [-0.2, -0.15) is 0 Å². The van der Waals surface area contributed by atoms with Crippen molar-refractivity contribution in [3.63, 3.8) is 0 Å². The number of hydrogen-bond acceptors (Lipinski definition) is 8. The number of amides is 4. The number of hydrogen-bond donors (Lipinski definition) is 4. The number of aliphatic hydroxyl groups is 1. The fourth-order valence-corrected chi connectivity index (χ4v) is 4.78. The molecule has 2 aromatic rings. The fraction of sp³-hybridized carbons (Fsp3) is 0.469. The summed E-state index contributed by atoms with van der Waals surface area (Å²) in [5.74, 6) is -2.63. The van der Waals surface area contributed by atoms with Crippen LogP contribution < -0.4 is 16.0 Å². The van der Waals surface area contributed by atoms with Gasteiger partial charge in [0, 0.05) is 13.6 Å². The van der Waals surface area contributed by atoms with Gasteiger partial charge in [-0.05, 0) is 51.2 Å². The number of carbonyl (C=O) groups is 5. The molecule has 1 fully saturated rings. The van der Waals surface area contributed by atoms with Crippen molar-refractivity contribution in [1.82, 2.24) is 20.9 Å². The average Bonchev–Trinajstić information content (AvgIpc) is 3.49. The monoisotopic (exact) mass is 610 g/mol. The van der Waals surface area contributed by atoms with E-state index < -0.39 is 66.0 Å². The molecule has 1 aliphatic rings. The third-order valence-electron chi connectivity index (χ3n) is 6.96. The molecule has 0 aromatic heterocycles. The van der Waals surface area contributed by atoms with Crippen LogP contribution in [0.15, 0.2) is 60.7 Å². The van der Waals surface area contributed by atoms with Gasteiger partial charge in [0.05, 0.1) is 12.5 Å². The molecular weight excluding hydrogens is 568 g/mol. The molecular formula is C32H42N4O8. The van der Waals surface area contributed by atoms with Gasteiger partial charge in [0.2, 0.25) is 11.8 Å². The molecule has 4 atom stereocenters. The summed E-state index contributed by atoms with van der Waals surface area (Å²) in [7, 11) is 1.39. The number of likely N-dealkylation sites (tertiary alicyclic amines) is 1. The van der Waals surface area contributed by atoms with Crippen molar-refractivity contribution >= 4 is 29.8 Å². The van der Waals surface area contributed by atoms with Crippen molar-refractivity contribution in [2.24, 2.45) is 0 Å². The van der Waals surface area contributed by atoms with E-state index in [1.165, 1.54) is 11.9 Å². The number of esters is 1. The van der Waals surface area contributed by atoms with Crippen molar-refractivity contribution in [3.8, 4) is 0 Å². The molecule has 4 amide bonds. The van der Waals surface area contributed by atoms with Crippen LogP contribution >= 0.6 is 0 Å². The highest BCUT2D eigenvalue weighted by atomic mass is 16.6. The lowest BCUT2D eigenvalue weighted by atomic mass is 9.99. The largest absolute Gasteiger partial charge is 0.458 e. The number of nitrogens with zero attached hydrogens (tertiary/aromatic N) is 1. The van der Waals surface area contributed by atoms with Crippen molar-refractivity contribution in [3.05, 3.63) is 71.8 Å². The zero-order chi connectivity index (χ0) is 32.3. The molecule has 1 unspecified atom stereocenters. The molecule has 2 aromatic carbocycles. The lowest BCUT2D eigenvalue weighted by Gasteiger charge is -2.32. The molecule has 1 aliphatic heterocycles. The Balaban J connectivity index is 1.78. The standard InChI is InChI=1S/C32H42N4O8/c1-32(2,3)44-30(41)25-16-11-17-36(25)29(40)27(38)23(18-21-12-7-5-8-13-21)34-28(39)24(19-26(37)33-4)35-31(42)43-20-22-14-9-6-10-15-22/h5-10,12-15,23-25,27,38H,11,16-20H2,1-4H3,(H,33,37)(H,34,39)(H,35,42)/t23-,24-,25-,27?/m0/s1. The Bertz CT molecular complexity index is 1280. The van der Waals surface area contributed by atoms with Crippen molar-refractivity contribution in [1.29, 1.82) is 0 Å². The Hall–Kier alpha value is -4.45. The van der Waals surface area contributed by atoms with Crippen LogP contribution in [0.3, 0.4) is 0 Å². The van der Waals surface area contributed by atoms with E-state index in [1.807, 2.05) is 6.07 Å². The number of carbonyl (C=O) groups excluding carboxylic acids is 5. The Morgan fingerprint density at radius 2 is 1.57 bits per heavy atom. The molecule has 1 saturated heterocycles. The Kier molecular flexibility index (Phi) is 12.3. The van der Waals surface area contributed by atoms with Gasteiger partial charge in [0.25, 0.3) is 5.91 Å². The van der Waals surface area contributed by atoms with Gasteiger partial charge in [0.1, 0.15) is 24.3 Å². The minimum absolute atomic E-state index is 0.0512. The zero-order valence-electron chi connectivity index (χ0n) is 25.6. The van der Waals surface area contributed by atoms with E-state index in [0.717, 1.165) is 5.56 Å². The second-order valence-corrected chi connectivity index (χ2v) is 11.6. The number of aliphatic hydroxyl groups excluding tert-OH is 1. The number of alkyl carbamates (subject to hydrolysis) is 1. The SMILES string of the molecule is CNC(=O)C[C@H](NC(=O)OCc1ccccc1)C(=O)N[C@@H](Cc1ccccc1)C(O)C(=O)N1CCC[C@H]1C(=O)OC(C)(C)C. The summed E-state index contributed by atoms with van der Waals surface area (Å²) in [6.45, 7) is 5.37. The molecule has 238 valence electrons. The van der Waals surface area contributed by atoms with Crippen LogP contribution in [0, 0.1) is 0 Å². The maximum Gasteiger partial charge on any atom is 0.408 e. The van der Waals surface area contributed by atoms with Crippen molar-refractivity contribution < 1.29 is 38.6 Å². The molecule has 1 heterocycles. The molecule has 4 N–H and O–H groups in total. The maximum absolute atomic E-state index is 13.6. The minimum atomic E-state index is -1.74. The number of rotatable bonds is 12. The fourth-order valence-electron chi connectivity index (χ4n) is 4.78. The second-order valence-electron chi connectivity index (χ2n) is 11.6. The lowest BCUT2D eigenvalue weighted by Crippen LogP contribution is -2.58. The summed E-state index contributed by atoms with van der Waals surface area (Å²) in [6.07, 6.45) is -2.11. The van der Waals surface area contributed by atoms with E-state index in [2.05, 4.69) is 16.0 Å². The minimum Gasteiger partial charge on any atom is -0.458 e. The zero-order valence-corrected chi connectivity index (χ0v) is 25.6. The molecule has 0 spiro atoms. The number of nitrogens with one attached hydrogen (secondary N) is 3. The predicted octanol–water partition coefficient (Wildman–Crippen LogP) is 1.84. The van der Waals surface area contributed by atoms with E-state index in [4.69, 9.17) is 9.47 Å². The molecule has 0 saturated carbocycles. The maximum atomic E-state index is 13.6. The highest BCUT2D eigenvalue weighted by Crippen LogP contribution is 2.23. The first-order valence-corrected chi connectivity index (χ1v) is 14.6. The van der Waals surface area contributed by atoms with Crippen LogP contribution in [0.4, 0.5) is 4.79 Å². The van der Waals surface area contributed by atoms with E-state index in [0.29, 0.717) is 18.4 Å². The van der Waals surface area contributed by atoms with Crippen LogP contribution in [0.2, 0.25) is 0 Å². The Labute approximate surface area is 257 Å². The molecule has 12 heteroatoms. The molecule has 3 rings (SSSR count). The molecule has 0 aliphatic carbocycles. The average molecular weight is 611 g/mol. The van der Waals surface area contributed by atoms with Gasteiger partial charge in [-0.15, -0.1) is 0 Å². The van der Waals surface area contributed by atoms with Crippen LogP contribution in [-0.4, -0.2) is 83.2 Å². The molecule has 12 nitrogen and oxygen atoms in total. The van der Waals surface area contributed by atoms with Crippen LogP contribution in [-0.2, 0) is 41.7 Å². The lowest BCUT2D eigenvalue weighted by molar-refractivity contribution is -0.165. The Morgan fingerprint density at radius 3 is 2.16 bits per heavy atom. The summed E-state index contributed by atoms with van der Waals surface area (Å²) >= 11 is 0. The van der Waals surface area contributed by atoms with E-state index in [9.17, 15) is 29.1 Å². The van der Waals surface area contributed by atoms with Crippen LogP contribution in [0.5, 0.6) is 0 Å². The number of ether oxygens (including phenoxy) is 2. The van der Waals surface area contributed by atoms with E-state index in [-0.39, 0.29) is 19.6 Å². The summed E-state index contributed by atoms with van der Waals surface area (Å²) in [5.41, 5.74) is 0.685. The molecule has 0 radical (unpaired) electrons. The third-order valence-corrected chi connectivity index (χ3v) is 6.96. The first-order valence-electron chi connectivity index (χ1n) is 14.6. The smallest absolute Gasteiger partial charge is 0.408 e. The molecule has 0 bridgehead atoms. The normalized spacial score (nSPS) is 16.7. The van der Waals surface area contributed by atoms with Crippen molar-refractivity contribution in [2.45, 2.75) is 82.9 Å². The van der Waals surface area contributed by atoms with Gasteiger partial charge in [-0.25, -0.2) is 9.59 Å². The first-order chi connectivity index (χ1) is 20.9. The number of benzene rings is 2. The second kappa shape index (κ2) is 15.9. The first kappa shape index (κ1) is 34.0. The van der Waals surface area contributed by atoms with Crippen LogP contribution in [0.25, 0.3) is 0 Å². The van der Waals surface area contributed by atoms with Crippen molar-refractivity contribution in [2.75, 3.05) is 13.6 Å². The highest BCUT2D eigenvalue weighted by Gasteiger charge is 2.41. The third kappa shape index (κ3) is 10.4. The topological polar surface area (TPSA) is 163 Å².